The van der Waals surface area contributed by atoms with Gasteiger partial charge in [-0.3, -0.25) is 0 Å². The van der Waals surface area contributed by atoms with E-state index in [2.05, 4.69) is 12.2 Å². The predicted molar refractivity (Wildman–Crippen MR) is 55.1 cm³/mol. The van der Waals surface area contributed by atoms with Crippen molar-refractivity contribution in [2.45, 2.75) is 26.7 Å². The number of aliphatic carboxylic acids is 1. The van der Waals surface area contributed by atoms with Crippen molar-refractivity contribution in [1.82, 2.24) is 5.32 Å². The van der Waals surface area contributed by atoms with Gasteiger partial charge in [-0.15, -0.1) is 0 Å². The summed E-state index contributed by atoms with van der Waals surface area (Å²) in [4.78, 5) is 10.2. The standard InChI is InChI=1S/C10H19NO3/c1-3-4-6-14-7-5-11-9(2)8-10(12)13/h8,11H,3-7H2,1-2H3,(H,12,13). The van der Waals surface area contributed by atoms with E-state index in [0.717, 1.165) is 25.5 Å². The van der Waals surface area contributed by atoms with Gasteiger partial charge >= 0.3 is 5.97 Å². The number of carbonyl (C=O) groups is 1. The Morgan fingerprint density at radius 2 is 2.21 bits per heavy atom. The van der Waals surface area contributed by atoms with E-state index in [0.29, 0.717) is 18.8 Å². The number of hydrogen-bond donors (Lipinski definition) is 2. The van der Waals surface area contributed by atoms with Crippen LogP contribution >= 0.6 is 0 Å². The van der Waals surface area contributed by atoms with Gasteiger partial charge in [-0.25, -0.2) is 4.79 Å². The Kier molecular flexibility index (Phi) is 7.93. The first-order valence-electron chi connectivity index (χ1n) is 4.89. The van der Waals surface area contributed by atoms with E-state index in [1.54, 1.807) is 6.92 Å². The molecule has 0 fully saturated rings. The van der Waals surface area contributed by atoms with E-state index in [1.807, 2.05) is 0 Å². The fourth-order valence-electron chi connectivity index (χ4n) is 0.905. The quantitative estimate of drug-likeness (QED) is 0.460. The molecule has 0 aromatic rings. The van der Waals surface area contributed by atoms with Crippen molar-refractivity contribution in [3.63, 3.8) is 0 Å². The Hall–Kier alpha value is -1.03. The van der Waals surface area contributed by atoms with Gasteiger partial charge in [-0.2, -0.15) is 0 Å². The van der Waals surface area contributed by atoms with Crippen molar-refractivity contribution in [2.24, 2.45) is 0 Å². The van der Waals surface area contributed by atoms with Crippen LogP contribution in [-0.2, 0) is 9.53 Å². The molecule has 0 rings (SSSR count). The highest BCUT2D eigenvalue weighted by atomic mass is 16.5. The minimum atomic E-state index is -0.929. The Labute approximate surface area is 85.0 Å². The Balaban J connectivity index is 3.31. The molecule has 0 heterocycles. The molecule has 82 valence electrons. The molecule has 0 spiro atoms. The van der Waals surface area contributed by atoms with Crippen LogP contribution in [0.2, 0.25) is 0 Å². The molecule has 0 radical (unpaired) electrons. The topological polar surface area (TPSA) is 58.6 Å². The number of unbranched alkanes of at least 4 members (excludes halogenated alkanes) is 1. The van der Waals surface area contributed by atoms with Gasteiger partial charge in [0.2, 0.25) is 0 Å². The lowest BCUT2D eigenvalue weighted by molar-refractivity contribution is -0.131. The van der Waals surface area contributed by atoms with Crippen LogP contribution in [0.5, 0.6) is 0 Å². The molecule has 0 saturated carbocycles. The van der Waals surface area contributed by atoms with E-state index < -0.39 is 5.97 Å². The molecule has 0 aromatic carbocycles. The second-order valence-corrected chi connectivity index (χ2v) is 3.06. The first-order chi connectivity index (χ1) is 6.66. The van der Waals surface area contributed by atoms with Crippen LogP contribution in [0.3, 0.4) is 0 Å². The van der Waals surface area contributed by atoms with Crippen LogP contribution < -0.4 is 5.32 Å². The fraction of sp³-hybridized carbons (Fsp3) is 0.700. The lowest BCUT2D eigenvalue weighted by atomic mass is 10.4. The summed E-state index contributed by atoms with van der Waals surface area (Å²) >= 11 is 0. The fourth-order valence-corrected chi connectivity index (χ4v) is 0.905. The number of carboxylic acid groups (broad SMARTS) is 1. The number of nitrogens with one attached hydrogen (secondary N) is 1. The van der Waals surface area contributed by atoms with Crippen molar-refractivity contribution < 1.29 is 14.6 Å². The molecule has 0 unspecified atom stereocenters. The third kappa shape index (κ3) is 9.06. The molecule has 0 aliphatic carbocycles. The average Bonchev–Trinajstić information content (AvgIpc) is 2.10. The van der Waals surface area contributed by atoms with Crippen molar-refractivity contribution >= 4 is 5.97 Å². The Morgan fingerprint density at radius 1 is 1.50 bits per heavy atom. The Bertz CT molecular complexity index is 190. The van der Waals surface area contributed by atoms with E-state index >= 15 is 0 Å². The second-order valence-electron chi connectivity index (χ2n) is 3.06. The largest absolute Gasteiger partial charge is 0.478 e. The lowest BCUT2D eigenvalue weighted by Gasteiger charge is -2.06. The van der Waals surface area contributed by atoms with Crippen LogP contribution in [0.1, 0.15) is 26.7 Å². The molecule has 0 aromatic heterocycles. The van der Waals surface area contributed by atoms with Crippen LogP contribution in [-0.4, -0.2) is 30.8 Å². The highest BCUT2D eigenvalue weighted by Crippen LogP contribution is 1.88. The lowest BCUT2D eigenvalue weighted by Crippen LogP contribution is -2.18. The summed E-state index contributed by atoms with van der Waals surface area (Å²) in [6.07, 6.45) is 3.35. The van der Waals surface area contributed by atoms with Gasteiger partial charge in [0.25, 0.3) is 0 Å². The third-order valence-corrected chi connectivity index (χ3v) is 1.63. The number of rotatable bonds is 8. The summed E-state index contributed by atoms with van der Waals surface area (Å²) in [5.74, 6) is -0.929. The van der Waals surface area contributed by atoms with Gasteiger partial charge < -0.3 is 15.2 Å². The van der Waals surface area contributed by atoms with Gasteiger partial charge in [0.15, 0.2) is 0 Å². The monoisotopic (exact) mass is 201 g/mol. The zero-order chi connectivity index (χ0) is 10.8. The third-order valence-electron chi connectivity index (χ3n) is 1.63. The maximum atomic E-state index is 10.2. The van der Waals surface area contributed by atoms with Crippen LogP contribution in [0.25, 0.3) is 0 Å². The smallest absolute Gasteiger partial charge is 0.330 e. The zero-order valence-corrected chi connectivity index (χ0v) is 8.88. The highest BCUT2D eigenvalue weighted by molar-refractivity contribution is 5.80. The van der Waals surface area contributed by atoms with Crippen LogP contribution in [0, 0.1) is 0 Å². The molecular formula is C10H19NO3. The summed E-state index contributed by atoms with van der Waals surface area (Å²) in [6.45, 7) is 5.88. The molecule has 4 nitrogen and oxygen atoms in total. The number of carboxylic acids is 1. The molecular weight excluding hydrogens is 182 g/mol. The molecule has 14 heavy (non-hydrogen) atoms. The maximum Gasteiger partial charge on any atom is 0.330 e. The predicted octanol–water partition coefficient (Wildman–Crippen LogP) is 1.38. The van der Waals surface area contributed by atoms with Gasteiger partial charge in [-0.1, -0.05) is 13.3 Å². The molecule has 4 heteroatoms. The molecule has 0 atom stereocenters. The zero-order valence-electron chi connectivity index (χ0n) is 8.88. The average molecular weight is 201 g/mol. The summed E-state index contributed by atoms with van der Waals surface area (Å²) in [6, 6.07) is 0. The van der Waals surface area contributed by atoms with Crippen molar-refractivity contribution in [3.8, 4) is 0 Å². The molecule has 0 bridgehead atoms. The number of hydrogen-bond acceptors (Lipinski definition) is 3. The SMILES string of the molecule is CCCCOCCNC(C)=CC(=O)O. The summed E-state index contributed by atoms with van der Waals surface area (Å²) in [5, 5.41) is 11.4. The normalized spacial score (nSPS) is 11.4. The number of ether oxygens (including phenoxy) is 1. The first kappa shape index (κ1) is 13.0. The molecule has 0 aliphatic heterocycles. The van der Waals surface area contributed by atoms with Crippen molar-refractivity contribution in [1.29, 1.82) is 0 Å². The van der Waals surface area contributed by atoms with Crippen molar-refractivity contribution in [3.05, 3.63) is 11.8 Å². The van der Waals surface area contributed by atoms with Crippen LogP contribution in [0.4, 0.5) is 0 Å². The van der Waals surface area contributed by atoms with E-state index in [4.69, 9.17) is 9.84 Å². The van der Waals surface area contributed by atoms with Gasteiger partial charge in [0.05, 0.1) is 6.61 Å². The van der Waals surface area contributed by atoms with Crippen LogP contribution in [0.15, 0.2) is 11.8 Å². The Morgan fingerprint density at radius 3 is 2.79 bits per heavy atom. The minimum absolute atomic E-state index is 0.616. The highest BCUT2D eigenvalue weighted by Gasteiger charge is 1.93. The van der Waals surface area contributed by atoms with Gasteiger partial charge in [0, 0.05) is 24.9 Å². The first-order valence-corrected chi connectivity index (χ1v) is 4.89. The van der Waals surface area contributed by atoms with E-state index in [1.165, 1.54) is 0 Å². The molecule has 0 saturated heterocycles. The molecule has 2 N–H and O–H groups in total. The maximum absolute atomic E-state index is 10.2. The second kappa shape index (κ2) is 8.56. The minimum Gasteiger partial charge on any atom is -0.478 e. The van der Waals surface area contributed by atoms with E-state index in [9.17, 15) is 4.79 Å². The van der Waals surface area contributed by atoms with Gasteiger partial charge in [0.1, 0.15) is 0 Å². The van der Waals surface area contributed by atoms with Gasteiger partial charge in [-0.05, 0) is 13.3 Å². The van der Waals surface area contributed by atoms with Crippen molar-refractivity contribution in [2.75, 3.05) is 19.8 Å². The summed E-state index contributed by atoms with van der Waals surface area (Å²) in [5.41, 5.74) is 0.650. The molecule has 0 aliphatic rings. The number of allylic oxidation sites excluding steroid dienone is 1. The summed E-state index contributed by atoms with van der Waals surface area (Å²) in [7, 11) is 0. The summed E-state index contributed by atoms with van der Waals surface area (Å²) < 4.78 is 5.29. The van der Waals surface area contributed by atoms with E-state index in [-0.39, 0.29) is 0 Å². The molecule has 0 amide bonds.